The zero-order valence-corrected chi connectivity index (χ0v) is 14.4. The van der Waals surface area contributed by atoms with Crippen LogP contribution in [0.2, 0.25) is 0 Å². The average Bonchev–Trinajstić information content (AvgIpc) is 3.25. The Hall–Kier alpha value is -2.05. The Morgan fingerprint density at radius 3 is 3.12 bits per heavy atom. The van der Waals surface area contributed by atoms with Crippen molar-refractivity contribution in [1.82, 2.24) is 15.5 Å². The lowest BCUT2D eigenvalue weighted by molar-refractivity contribution is -0.0457. The number of nitrogens with zero attached hydrogens (tertiary/aromatic N) is 1. The van der Waals surface area contributed by atoms with Crippen molar-refractivity contribution in [3.63, 3.8) is 0 Å². The molecule has 2 saturated heterocycles. The van der Waals surface area contributed by atoms with Crippen molar-refractivity contribution >= 4 is 17.0 Å². The number of rotatable bonds is 5. The highest BCUT2D eigenvalue weighted by Gasteiger charge is 2.32. The minimum absolute atomic E-state index is 0.0930. The van der Waals surface area contributed by atoms with Crippen molar-refractivity contribution in [3.05, 3.63) is 36.1 Å². The minimum Gasteiger partial charge on any atom is -0.461 e. The monoisotopic (exact) mass is 343 g/mol. The van der Waals surface area contributed by atoms with Gasteiger partial charge in [0.25, 0.3) is 0 Å². The highest BCUT2D eigenvalue weighted by atomic mass is 16.5. The smallest absolute Gasteiger partial charge is 0.314 e. The number of hydrogen-bond acceptors (Lipinski definition) is 4. The van der Waals surface area contributed by atoms with Crippen LogP contribution in [0.1, 0.15) is 18.6 Å². The van der Waals surface area contributed by atoms with Gasteiger partial charge in [-0.1, -0.05) is 18.2 Å². The zero-order valence-electron chi connectivity index (χ0n) is 14.4. The molecule has 0 saturated carbocycles. The van der Waals surface area contributed by atoms with Crippen LogP contribution in [0, 0.1) is 0 Å². The number of hydrogen-bond donors (Lipinski definition) is 2. The van der Waals surface area contributed by atoms with E-state index in [0.29, 0.717) is 25.6 Å². The first-order chi connectivity index (χ1) is 12.3. The second kappa shape index (κ2) is 7.45. The molecule has 0 spiro atoms. The summed E-state index contributed by atoms with van der Waals surface area (Å²) in [7, 11) is 0. The first kappa shape index (κ1) is 16.4. The Kier molecular flexibility index (Phi) is 4.90. The number of carbonyl (C=O) groups is 1. The van der Waals surface area contributed by atoms with E-state index in [1.807, 2.05) is 30.3 Å². The SMILES string of the molecule is O=C(NCCc1cc2ccccc2o1)NC[C@H]1CN2CCC[C@H]2CO1. The number of urea groups is 1. The summed E-state index contributed by atoms with van der Waals surface area (Å²) >= 11 is 0. The maximum Gasteiger partial charge on any atom is 0.314 e. The quantitative estimate of drug-likeness (QED) is 0.873. The fourth-order valence-electron chi connectivity index (χ4n) is 3.74. The first-order valence-corrected chi connectivity index (χ1v) is 9.13. The lowest BCUT2D eigenvalue weighted by Gasteiger charge is -2.35. The number of carbonyl (C=O) groups excluding carboxylic acids is 1. The van der Waals surface area contributed by atoms with Crippen molar-refractivity contribution in [2.45, 2.75) is 31.4 Å². The molecule has 2 N–H and O–H groups in total. The molecule has 2 amide bonds. The van der Waals surface area contributed by atoms with E-state index >= 15 is 0 Å². The van der Waals surface area contributed by atoms with Gasteiger partial charge < -0.3 is 19.8 Å². The number of nitrogens with one attached hydrogen (secondary N) is 2. The molecule has 134 valence electrons. The Labute approximate surface area is 147 Å². The van der Waals surface area contributed by atoms with E-state index in [9.17, 15) is 4.79 Å². The van der Waals surface area contributed by atoms with Crippen LogP contribution in [0.4, 0.5) is 4.79 Å². The van der Waals surface area contributed by atoms with Crippen molar-refractivity contribution in [2.75, 3.05) is 32.8 Å². The van der Waals surface area contributed by atoms with Crippen LogP contribution < -0.4 is 10.6 Å². The third kappa shape index (κ3) is 3.96. The number of para-hydroxylation sites is 1. The van der Waals surface area contributed by atoms with E-state index in [0.717, 1.165) is 36.4 Å². The van der Waals surface area contributed by atoms with E-state index in [1.54, 1.807) is 0 Å². The Morgan fingerprint density at radius 1 is 1.28 bits per heavy atom. The van der Waals surface area contributed by atoms with E-state index in [2.05, 4.69) is 15.5 Å². The molecule has 6 nitrogen and oxygen atoms in total. The summed E-state index contributed by atoms with van der Waals surface area (Å²) in [6.07, 6.45) is 3.27. The highest BCUT2D eigenvalue weighted by Crippen LogP contribution is 2.22. The molecule has 6 heteroatoms. The second-order valence-electron chi connectivity index (χ2n) is 6.88. The van der Waals surface area contributed by atoms with Gasteiger partial charge in [0.1, 0.15) is 11.3 Å². The predicted molar refractivity (Wildman–Crippen MR) is 95.7 cm³/mol. The molecule has 2 aliphatic heterocycles. The third-order valence-electron chi connectivity index (χ3n) is 5.09. The number of morpholine rings is 1. The summed E-state index contributed by atoms with van der Waals surface area (Å²) in [4.78, 5) is 14.4. The molecule has 3 heterocycles. The van der Waals surface area contributed by atoms with Gasteiger partial charge >= 0.3 is 6.03 Å². The summed E-state index contributed by atoms with van der Waals surface area (Å²) in [6, 6.07) is 10.4. The maximum absolute atomic E-state index is 12.0. The molecule has 1 aromatic carbocycles. The van der Waals surface area contributed by atoms with Crippen LogP contribution in [0.3, 0.4) is 0 Å². The molecule has 1 aromatic heterocycles. The van der Waals surface area contributed by atoms with E-state index < -0.39 is 0 Å². The van der Waals surface area contributed by atoms with Crippen LogP contribution in [-0.2, 0) is 11.2 Å². The summed E-state index contributed by atoms with van der Waals surface area (Å²) in [5.41, 5.74) is 0.886. The summed E-state index contributed by atoms with van der Waals surface area (Å²) in [6.45, 7) is 3.98. The molecule has 0 radical (unpaired) electrons. The summed E-state index contributed by atoms with van der Waals surface area (Å²) in [5.74, 6) is 0.886. The van der Waals surface area contributed by atoms with Crippen LogP contribution in [0.15, 0.2) is 34.7 Å². The fraction of sp³-hybridized carbons (Fsp3) is 0.526. The van der Waals surface area contributed by atoms with Gasteiger partial charge in [0, 0.05) is 37.5 Å². The van der Waals surface area contributed by atoms with Crippen molar-refractivity contribution in [2.24, 2.45) is 0 Å². The number of fused-ring (bicyclic) bond motifs is 2. The van der Waals surface area contributed by atoms with Crippen molar-refractivity contribution in [3.8, 4) is 0 Å². The van der Waals surface area contributed by atoms with E-state index in [1.165, 1.54) is 12.8 Å². The number of furan rings is 1. The topological polar surface area (TPSA) is 66.7 Å². The molecule has 4 rings (SSSR count). The van der Waals surface area contributed by atoms with Crippen LogP contribution in [0.5, 0.6) is 0 Å². The van der Waals surface area contributed by atoms with E-state index in [4.69, 9.17) is 9.15 Å². The van der Waals surface area contributed by atoms with Gasteiger partial charge in [0.15, 0.2) is 0 Å². The molecule has 0 unspecified atom stereocenters. The molecule has 2 atom stereocenters. The second-order valence-corrected chi connectivity index (χ2v) is 6.88. The van der Waals surface area contributed by atoms with Gasteiger partial charge in [0.2, 0.25) is 0 Å². The Bertz CT molecular complexity index is 697. The molecular formula is C19H25N3O3. The largest absolute Gasteiger partial charge is 0.461 e. The molecule has 25 heavy (non-hydrogen) atoms. The Morgan fingerprint density at radius 2 is 2.20 bits per heavy atom. The number of benzene rings is 1. The van der Waals surface area contributed by atoms with E-state index in [-0.39, 0.29) is 12.1 Å². The van der Waals surface area contributed by atoms with Crippen molar-refractivity contribution in [1.29, 1.82) is 0 Å². The van der Waals surface area contributed by atoms with Gasteiger partial charge in [-0.2, -0.15) is 0 Å². The summed E-state index contributed by atoms with van der Waals surface area (Å²) < 4.78 is 11.6. The van der Waals surface area contributed by atoms with Gasteiger partial charge in [0.05, 0.1) is 12.7 Å². The van der Waals surface area contributed by atoms with Crippen molar-refractivity contribution < 1.29 is 13.9 Å². The number of ether oxygens (including phenoxy) is 1. The van der Waals surface area contributed by atoms with Gasteiger partial charge in [-0.25, -0.2) is 4.79 Å². The normalized spacial score (nSPS) is 23.5. The molecular weight excluding hydrogens is 318 g/mol. The fourth-order valence-corrected chi connectivity index (χ4v) is 3.74. The van der Waals surface area contributed by atoms with Crippen LogP contribution in [0.25, 0.3) is 11.0 Å². The van der Waals surface area contributed by atoms with Gasteiger partial charge in [-0.05, 0) is 31.5 Å². The molecule has 2 fully saturated rings. The van der Waals surface area contributed by atoms with Crippen LogP contribution >= 0.6 is 0 Å². The molecule has 2 aromatic rings. The molecule has 0 bridgehead atoms. The lowest BCUT2D eigenvalue weighted by atomic mass is 10.2. The highest BCUT2D eigenvalue weighted by molar-refractivity contribution is 5.77. The van der Waals surface area contributed by atoms with Crippen LogP contribution in [-0.4, -0.2) is 55.9 Å². The first-order valence-electron chi connectivity index (χ1n) is 9.13. The minimum atomic E-state index is -0.150. The maximum atomic E-state index is 12.0. The van der Waals surface area contributed by atoms with Gasteiger partial charge in [-0.3, -0.25) is 4.90 Å². The van der Waals surface area contributed by atoms with Gasteiger partial charge in [-0.15, -0.1) is 0 Å². The third-order valence-corrected chi connectivity index (χ3v) is 5.09. The summed E-state index contributed by atoms with van der Waals surface area (Å²) in [5, 5.41) is 6.89. The number of amides is 2. The molecule has 2 aliphatic rings. The predicted octanol–water partition coefficient (Wildman–Crippen LogP) is 2.14. The Balaban J connectivity index is 1.17. The zero-order chi connectivity index (χ0) is 17.1. The standard InChI is InChI=1S/C19H25N3O3/c23-19(21-11-17-12-22-9-3-5-15(22)13-24-17)20-8-7-16-10-14-4-1-2-6-18(14)25-16/h1-2,4,6,10,15,17H,3,5,7-9,11-13H2,(H2,20,21,23)/t15-,17-/m0/s1. The molecule has 0 aliphatic carbocycles. The lowest BCUT2D eigenvalue weighted by Crippen LogP contribution is -2.51. The average molecular weight is 343 g/mol.